The van der Waals surface area contributed by atoms with E-state index >= 15 is 0 Å². The molecule has 0 radical (unpaired) electrons. The fourth-order valence-electron chi connectivity index (χ4n) is 0.373. The zero-order chi connectivity index (χ0) is 6.62. The number of rotatable bonds is 3. The van der Waals surface area contributed by atoms with Crippen molar-refractivity contribution in [3.8, 4) is 0 Å². The first-order chi connectivity index (χ1) is 3.68. The van der Waals surface area contributed by atoms with Crippen LogP contribution < -0.4 is 0 Å². The molecule has 0 aromatic heterocycles. The van der Waals surface area contributed by atoms with Gasteiger partial charge in [-0.3, -0.25) is 0 Å². The highest BCUT2D eigenvalue weighted by molar-refractivity contribution is 6.09. The summed E-state index contributed by atoms with van der Waals surface area (Å²) in [5.74, 6) is 0. The third-order valence-electron chi connectivity index (χ3n) is 1.24. The Labute approximate surface area is 54.7 Å². The first kappa shape index (κ1) is 7.92. The van der Waals surface area contributed by atoms with E-state index in [-0.39, 0.29) is 4.00 Å². The van der Waals surface area contributed by atoms with Crippen LogP contribution in [-0.2, 0) is 4.79 Å². The number of amides is 1. The van der Waals surface area contributed by atoms with E-state index in [4.69, 9.17) is 11.8 Å². The molecule has 3 heteroatoms. The van der Waals surface area contributed by atoms with E-state index in [1.165, 1.54) is 0 Å². The minimum Gasteiger partial charge on any atom is -0.232 e. The standard InChI is InChI=1S/C5H11ClNO/c1-3-7(6,4-2)5-8/h5H,3-4H2,1-2H3/q+1. The van der Waals surface area contributed by atoms with Crippen molar-refractivity contribution in [2.24, 2.45) is 0 Å². The van der Waals surface area contributed by atoms with Gasteiger partial charge in [-0.1, -0.05) is 0 Å². The van der Waals surface area contributed by atoms with Crippen molar-refractivity contribution >= 4 is 18.2 Å². The molecule has 0 aromatic rings. The minimum atomic E-state index is 0. The normalized spacial score (nSPS) is 11.4. The quantitative estimate of drug-likeness (QED) is 0.420. The van der Waals surface area contributed by atoms with Gasteiger partial charge in [0.05, 0.1) is 13.1 Å². The average molecular weight is 137 g/mol. The predicted molar refractivity (Wildman–Crippen MR) is 33.3 cm³/mol. The average Bonchev–Trinajstić information content (AvgIpc) is 1.87. The monoisotopic (exact) mass is 136 g/mol. The first-order valence-electron chi connectivity index (χ1n) is 2.71. The largest absolute Gasteiger partial charge is 0.319 e. The molecule has 0 bridgehead atoms. The SMILES string of the molecule is CC[N+](Cl)(C=O)CC. The summed E-state index contributed by atoms with van der Waals surface area (Å²) in [5, 5.41) is 0. The molecule has 0 aliphatic heterocycles. The second-order valence-electron chi connectivity index (χ2n) is 1.66. The zero-order valence-corrected chi connectivity index (χ0v) is 5.98. The summed E-state index contributed by atoms with van der Waals surface area (Å²) in [7, 11) is 0. The molecule has 0 aliphatic carbocycles. The number of carbonyl (C=O) groups excluding carboxylic acids is 1. The van der Waals surface area contributed by atoms with Crippen LogP contribution >= 0.6 is 11.8 Å². The Morgan fingerprint density at radius 1 is 1.50 bits per heavy atom. The fraction of sp³-hybridized carbons (Fsp3) is 0.800. The summed E-state index contributed by atoms with van der Waals surface area (Å²) in [6.07, 6.45) is 0.752. The van der Waals surface area contributed by atoms with Crippen LogP contribution in [0.2, 0.25) is 0 Å². The molecule has 0 rings (SSSR count). The van der Waals surface area contributed by atoms with Crippen LogP contribution in [0.15, 0.2) is 0 Å². The molecule has 8 heavy (non-hydrogen) atoms. The van der Waals surface area contributed by atoms with Crippen LogP contribution in [0.3, 0.4) is 0 Å². The van der Waals surface area contributed by atoms with Crippen molar-refractivity contribution in [3.63, 3.8) is 0 Å². The molecular formula is C5H11ClNO+. The van der Waals surface area contributed by atoms with Gasteiger partial charge >= 0.3 is 6.41 Å². The number of nitrogens with zero attached hydrogens (tertiary/aromatic N) is 1. The molecule has 0 atom stereocenters. The van der Waals surface area contributed by atoms with Crippen molar-refractivity contribution in [3.05, 3.63) is 0 Å². The lowest BCUT2D eigenvalue weighted by Gasteiger charge is -2.16. The lowest BCUT2D eigenvalue weighted by Crippen LogP contribution is -2.35. The van der Waals surface area contributed by atoms with E-state index in [2.05, 4.69) is 0 Å². The highest BCUT2D eigenvalue weighted by atomic mass is 35.5. The molecule has 0 aliphatic rings. The minimum absolute atomic E-state index is 0. The fourth-order valence-corrected chi connectivity index (χ4v) is 0.373. The molecule has 0 saturated carbocycles. The van der Waals surface area contributed by atoms with Gasteiger partial charge in [0, 0.05) is 0 Å². The van der Waals surface area contributed by atoms with E-state index in [1.807, 2.05) is 13.8 Å². The smallest absolute Gasteiger partial charge is 0.232 e. The second-order valence-corrected chi connectivity index (χ2v) is 2.34. The Hall–Kier alpha value is -0.0800. The van der Waals surface area contributed by atoms with Gasteiger partial charge in [-0.05, 0) is 13.8 Å². The Morgan fingerprint density at radius 3 is 1.88 bits per heavy atom. The number of carbonyl (C=O) groups is 1. The maximum atomic E-state index is 10.1. The second kappa shape index (κ2) is 3.05. The predicted octanol–water partition coefficient (Wildman–Crippen LogP) is 1.15. The Morgan fingerprint density at radius 2 is 1.88 bits per heavy atom. The topological polar surface area (TPSA) is 17.1 Å². The summed E-state index contributed by atoms with van der Waals surface area (Å²) in [4.78, 5) is 10.1. The van der Waals surface area contributed by atoms with Gasteiger partial charge in [-0.2, -0.15) is 4.00 Å². The number of quaternary nitrogens is 1. The van der Waals surface area contributed by atoms with Crippen molar-refractivity contribution < 1.29 is 8.80 Å². The van der Waals surface area contributed by atoms with Gasteiger partial charge in [-0.15, -0.1) is 0 Å². The molecule has 0 N–H and O–H groups in total. The number of hydrogen-bond acceptors (Lipinski definition) is 1. The van der Waals surface area contributed by atoms with Gasteiger partial charge in [0.1, 0.15) is 0 Å². The van der Waals surface area contributed by atoms with Gasteiger partial charge in [0.2, 0.25) is 0 Å². The molecule has 0 heterocycles. The summed E-state index contributed by atoms with van der Waals surface area (Å²) in [6.45, 7) is 5.07. The van der Waals surface area contributed by atoms with Crippen LogP contribution in [0.1, 0.15) is 13.8 Å². The van der Waals surface area contributed by atoms with Crippen molar-refractivity contribution in [1.29, 1.82) is 0 Å². The summed E-state index contributed by atoms with van der Waals surface area (Å²) < 4.78 is 0. The van der Waals surface area contributed by atoms with Crippen LogP contribution in [0.4, 0.5) is 0 Å². The Balaban J connectivity index is 3.76. The molecule has 0 spiro atoms. The van der Waals surface area contributed by atoms with Crippen LogP contribution in [-0.4, -0.2) is 23.5 Å². The highest BCUT2D eigenvalue weighted by Crippen LogP contribution is 2.05. The Bertz CT molecular complexity index is 80.5. The number of hydrogen-bond donors (Lipinski definition) is 0. The van der Waals surface area contributed by atoms with E-state index in [9.17, 15) is 4.79 Å². The van der Waals surface area contributed by atoms with E-state index in [0.29, 0.717) is 13.1 Å². The van der Waals surface area contributed by atoms with E-state index in [0.717, 1.165) is 6.41 Å². The molecule has 0 saturated heterocycles. The Kier molecular flexibility index (Phi) is 3.02. The van der Waals surface area contributed by atoms with Gasteiger partial charge in [0.25, 0.3) is 0 Å². The molecule has 1 amide bonds. The molecule has 48 valence electrons. The van der Waals surface area contributed by atoms with E-state index < -0.39 is 0 Å². The lowest BCUT2D eigenvalue weighted by molar-refractivity contribution is -0.721. The summed E-state index contributed by atoms with van der Waals surface area (Å²) >= 11 is 5.66. The van der Waals surface area contributed by atoms with Gasteiger partial charge in [0.15, 0.2) is 11.8 Å². The zero-order valence-electron chi connectivity index (χ0n) is 5.22. The maximum Gasteiger partial charge on any atom is 0.319 e. The molecule has 0 fully saturated rings. The van der Waals surface area contributed by atoms with Gasteiger partial charge in [-0.25, -0.2) is 4.79 Å². The van der Waals surface area contributed by atoms with Gasteiger partial charge < -0.3 is 0 Å². The van der Waals surface area contributed by atoms with Crippen LogP contribution in [0, 0.1) is 0 Å². The molecule has 0 aromatic carbocycles. The lowest BCUT2D eigenvalue weighted by atomic mass is 10.6. The van der Waals surface area contributed by atoms with Crippen molar-refractivity contribution in [2.45, 2.75) is 13.8 Å². The maximum absolute atomic E-state index is 10.1. The third kappa shape index (κ3) is 1.80. The highest BCUT2D eigenvalue weighted by Gasteiger charge is 2.18. The van der Waals surface area contributed by atoms with Crippen molar-refractivity contribution in [2.75, 3.05) is 13.1 Å². The molecule has 2 nitrogen and oxygen atoms in total. The van der Waals surface area contributed by atoms with Crippen molar-refractivity contribution in [1.82, 2.24) is 0 Å². The summed E-state index contributed by atoms with van der Waals surface area (Å²) in [6, 6.07) is 0. The molecular weight excluding hydrogens is 126 g/mol. The third-order valence-corrected chi connectivity index (χ3v) is 1.80. The molecule has 0 unspecified atom stereocenters. The van der Waals surface area contributed by atoms with E-state index in [1.54, 1.807) is 0 Å². The van der Waals surface area contributed by atoms with Crippen LogP contribution in [0.5, 0.6) is 0 Å². The summed E-state index contributed by atoms with van der Waals surface area (Å²) in [5.41, 5.74) is 0. The van der Waals surface area contributed by atoms with Crippen LogP contribution in [0.25, 0.3) is 0 Å². The first-order valence-corrected chi connectivity index (χ1v) is 3.05. The number of halogens is 1.